The maximum atomic E-state index is 13.7. The standard InChI is InChI=1S/C21H20F2N8O4S/c1-4-29-8-13(31(34)35)15(28-29)20(33)27-16-14-10(11-7-25-30(5-2)9(11)3)6-12(18(22)23)26-21(14)36-17(16)19(24)32/h6-8,18H,4-5H2,1-3H3,(H2,24,32)(H,27,33). The van der Waals surface area contributed by atoms with Gasteiger partial charge in [-0.25, -0.2) is 13.8 Å². The van der Waals surface area contributed by atoms with Crippen molar-refractivity contribution in [2.45, 2.75) is 40.3 Å². The predicted octanol–water partition coefficient (Wildman–Crippen LogP) is 3.90. The third kappa shape index (κ3) is 4.17. The van der Waals surface area contributed by atoms with Crippen molar-refractivity contribution in [2.24, 2.45) is 5.73 Å². The van der Waals surface area contributed by atoms with Crippen LogP contribution in [0.5, 0.6) is 0 Å². The van der Waals surface area contributed by atoms with Gasteiger partial charge in [-0.2, -0.15) is 10.2 Å². The molecular weight excluding hydrogens is 498 g/mol. The molecule has 0 saturated carbocycles. The zero-order valence-electron chi connectivity index (χ0n) is 19.3. The highest BCUT2D eigenvalue weighted by atomic mass is 32.1. The Kier molecular flexibility index (Phi) is 6.49. The molecule has 3 N–H and O–H groups in total. The minimum atomic E-state index is -2.91. The molecule has 0 spiro atoms. The van der Waals surface area contributed by atoms with Crippen LogP contribution >= 0.6 is 11.3 Å². The number of pyridine rings is 1. The predicted molar refractivity (Wildman–Crippen MR) is 127 cm³/mol. The number of carbonyl (C=O) groups excluding carboxylic acids is 2. The summed E-state index contributed by atoms with van der Waals surface area (Å²) in [6.07, 6.45) is -0.309. The molecule has 0 aliphatic heterocycles. The Bertz CT molecular complexity index is 1520. The van der Waals surface area contributed by atoms with Crippen molar-refractivity contribution in [3.05, 3.63) is 50.5 Å². The number of carbonyl (C=O) groups is 2. The van der Waals surface area contributed by atoms with E-state index < -0.39 is 40.2 Å². The van der Waals surface area contributed by atoms with Gasteiger partial charge in [0.25, 0.3) is 18.2 Å². The second-order valence-corrected chi connectivity index (χ2v) is 8.63. The Labute approximate surface area is 205 Å². The number of nitrogens with two attached hydrogens (primary N) is 1. The number of amides is 2. The normalized spacial score (nSPS) is 11.4. The van der Waals surface area contributed by atoms with Crippen molar-refractivity contribution in [3.63, 3.8) is 0 Å². The largest absolute Gasteiger partial charge is 0.365 e. The maximum absolute atomic E-state index is 13.7. The summed E-state index contributed by atoms with van der Waals surface area (Å²) < 4.78 is 30.3. The average Bonchev–Trinajstić information content (AvgIpc) is 3.53. The van der Waals surface area contributed by atoms with Gasteiger partial charge in [0.05, 0.1) is 16.8 Å². The average molecular weight is 519 g/mol. The van der Waals surface area contributed by atoms with Gasteiger partial charge < -0.3 is 11.1 Å². The van der Waals surface area contributed by atoms with Crippen LogP contribution in [0.2, 0.25) is 0 Å². The van der Waals surface area contributed by atoms with E-state index in [1.165, 1.54) is 16.9 Å². The number of aryl methyl sites for hydroxylation is 2. The first-order chi connectivity index (χ1) is 17.1. The molecule has 0 saturated heterocycles. The van der Waals surface area contributed by atoms with Crippen molar-refractivity contribution in [1.82, 2.24) is 24.5 Å². The molecule has 15 heteroatoms. The van der Waals surface area contributed by atoms with E-state index >= 15 is 0 Å². The van der Waals surface area contributed by atoms with Gasteiger partial charge in [-0.3, -0.25) is 29.1 Å². The molecule has 4 heterocycles. The Morgan fingerprint density at radius 1 is 1.28 bits per heavy atom. The Morgan fingerprint density at radius 2 is 2.00 bits per heavy atom. The number of aromatic nitrogens is 5. The first-order valence-electron chi connectivity index (χ1n) is 10.7. The minimum Gasteiger partial charge on any atom is -0.365 e. The lowest BCUT2D eigenvalue weighted by atomic mass is 10.0. The summed E-state index contributed by atoms with van der Waals surface area (Å²) in [6, 6.07) is 1.17. The smallest absolute Gasteiger partial charge is 0.320 e. The second-order valence-electron chi connectivity index (χ2n) is 7.64. The molecule has 0 unspecified atom stereocenters. The monoisotopic (exact) mass is 518 g/mol. The highest BCUT2D eigenvalue weighted by Crippen LogP contribution is 2.43. The molecule has 0 radical (unpaired) electrons. The number of alkyl halides is 2. The van der Waals surface area contributed by atoms with Gasteiger partial charge in [0, 0.05) is 29.7 Å². The molecule has 36 heavy (non-hydrogen) atoms. The van der Waals surface area contributed by atoms with Crippen molar-refractivity contribution in [1.29, 1.82) is 0 Å². The summed E-state index contributed by atoms with van der Waals surface area (Å²) in [5.41, 5.74) is 5.28. The summed E-state index contributed by atoms with van der Waals surface area (Å²) in [6.45, 7) is 6.09. The molecule has 0 aliphatic carbocycles. The SMILES string of the molecule is CCn1cc([N+](=O)[O-])c(C(=O)Nc2c(C(N)=O)sc3nc(C(F)F)cc(-c4cnn(CC)c4C)c23)n1. The quantitative estimate of drug-likeness (QED) is 0.264. The van der Waals surface area contributed by atoms with Crippen LogP contribution in [-0.2, 0) is 13.1 Å². The third-order valence-corrected chi connectivity index (χ3v) is 6.64. The van der Waals surface area contributed by atoms with E-state index in [0.29, 0.717) is 17.8 Å². The van der Waals surface area contributed by atoms with Crippen molar-refractivity contribution in [3.8, 4) is 11.1 Å². The van der Waals surface area contributed by atoms with Crippen LogP contribution in [0.4, 0.5) is 20.2 Å². The van der Waals surface area contributed by atoms with Gasteiger partial charge in [-0.05, 0) is 32.4 Å². The molecule has 0 fully saturated rings. The molecule has 4 aromatic heterocycles. The Hall–Kier alpha value is -4.27. The highest BCUT2D eigenvalue weighted by Gasteiger charge is 2.30. The summed E-state index contributed by atoms with van der Waals surface area (Å²) in [5.74, 6) is -1.91. The lowest BCUT2D eigenvalue weighted by Crippen LogP contribution is -2.18. The van der Waals surface area contributed by atoms with Crippen LogP contribution in [0.15, 0.2) is 18.5 Å². The van der Waals surface area contributed by atoms with Crippen molar-refractivity contribution in [2.75, 3.05) is 5.32 Å². The van der Waals surface area contributed by atoms with Crippen LogP contribution in [0.3, 0.4) is 0 Å². The first kappa shape index (κ1) is 24.8. The molecule has 0 bridgehead atoms. The molecule has 0 aromatic carbocycles. The number of anilines is 1. The fraction of sp³-hybridized carbons (Fsp3) is 0.286. The summed E-state index contributed by atoms with van der Waals surface area (Å²) in [4.78, 5) is 40.0. The number of nitro groups is 1. The van der Waals surface area contributed by atoms with E-state index in [-0.39, 0.29) is 32.9 Å². The third-order valence-electron chi connectivity index (χ3n) is 5.54. The van der Waals surface area contributed by atoms with E-state index in [2.05, 4.69) is 20.5 Å². The maximum Gasteiger partial charge on any atom is 0.320 e. The van der Waals surface area contributed by atoms with Gasteiger partial charge >= 0.3 is 5.69 Å². The van der Waals surface area contributed by atoms with Crippen LogP contribution in [-0.4, -0.2) is 41.3 Å². The molecule has 12 nitrogen and oxygen atoms in total. The van der Waals surface area contributed by atoms with E-state index in [0.717, 1.165) is 17.5 Å². The first-order valence-corrected chi connectivity index (χ1v) is 11.5. The summed E-state index contributed by atoms with van der Waals surface area (Å²) >= 11 is 0.728. The topological polar surface area (TPSA) is 164 Å². The van der Waals surface area contributed by atoms with Gasteiger partial charge in [0.2, 0.25) is 5.69 Å². The van der Waals surface area contributed by atoms with E-state index in [1.807, 2.05) is 6.92 Å². The molecule has 2 amide bonds. The van der Waals surface area contributed by atoms with Gasteiger partial charge in [-0.1, -0.05) is 0 Å². The number of fused-ring (bicyclic) bond motifs is 1. The van der Waals surface area contributed by atoms with Gasteiger partial charge in [0.1, 0.15) is 21.6 Å². The number of hydrogen-bond donors (Lipinski definition) is 2. The fourth-order valence-corrected chi connectivity index (χ4v) is 4.82. The molecule has 4 rings (SSSR count). The number of nitrogens with zero attached hydrogens (tertiary/aromatic N) is 6. The lowest BCUT2D eigenvalue weighted by Gasteiger charge is -2.10. The Morgan fingerprint density at radius 3 is 2.56 bits per heavy atom. The number of thiophene rings is 1. The second kappa shape index (κ2) is 9.41. The summed E-state index contributed by atoms with van der Waals surface area (Å²) in [5, 5.41) is 22.4. The molecule has 188 valence electrons. The molecular formula is C21H20F2N8O4S. The van der Waals surface area contributed by atoms with Crippen LogP contribution < -0.4 is 11.1 Å². The molecule has 4 aromatic rings. The van der Waals surface area contributed by atoms with Crippen molar-refractivity contribution >= 4 is 44.7 Å². The number of primary amides is 1. The van der Waals surface area contributed by atoms with Crippen LogP contribution in [0, 0.1) is 17.0 Å². The molecule has 0 aliphatic rings. The lowest BCUT2D eigenvalue weighted by molar-refractivity contribution is -0.385. The number of halogens is 2. The number of rotatable bonds is 8. The zero-order valence-corrected chi connectivity index (χ0v) is 20.1. The fourth-order valence-electron chi connectivity index (χ4n) is 3.81. The van der Waals surface area contributed by atoms with Crippen molar-refractivity contribution < 1.29 is 23.3 Å². The Balaban J connectivity index is 1.97. The minimum absolute atomic E-state index is 0.0316. The van der Waals surface area contributed by atoms with Crippen LogP contribution in [0.25, 0.3) is 21.3 Å². The highest BCUT2D eigenvalue weighted by molar-refractivity contribution is 7.21. The van der Waals surface area contributed by atoms with E-state index in [1.54, 1.807) is 18.5 Å². The van der Waals surface area contributed by atoms with Crippen LogP contribution in [0.1, 0.15) is 51.8 Å². The van der Waals surface area contributed by atoms with E-state index in [4.69, 9.17) is 5.73 Å². The molecule has 0 atom stereocenters. The van der Waals surface area contributed by atoms with Gasteiger partial charge in [-0.15, -0.1) is 11.3 Å². The summed E-state index contributed by atoms with van der Waals surface area (Å²) in [7, 11) is 0. The zero-order chi connectivity index (χ0) is 26.3. The van der Waals surface area contributed by atoms with E-state index in [9.17, 15) is 28.5 Å². The number of hydrogen-bond acceptors (Lipinski definition) is 8. The number of nitrogens with one attached hydrogen (secondary N) is 1. The van der Waals surface area contributed by atoms with Gasteiger partial charge in [0.15, 0.2) is 0 Å².